The van der Waals surface area contributed by atoms with Crippen LogP contribution in [0.25, 0.3) is 0 Å². The molecular formula is C17H41O6P3S6. The van der Waals surface area contributed by atoms with Crippen LogP contribution < -0.4 is 0 Å². The zero-order valence-corrected chi connectivity index (χ0v) is 27.9. The molecule has 0 spiro atoms. The van der Waals surface area contributed by atoms with Crippen LogP contribution in [0.1, 0.15) is 61.3 Å². The van der Waals surface area contributed by atoms with Crippen molar-refractivity contribution in [3.8, 4) is 0 Å². The normalized spacial score (nSPS) is 12.5. The van der Waals surface area contributed by atoms with Gasteiger partial charge in [-0.25, -0.2) is 0 Å². The van der Waals surface area contributed by atoms with Gasteiger partial charge >= 0.3 is 5.77 Å². The maximum absolute atomic E-state index is 12.0. The molecule has 0 saturated carbocycles. The average molecular weight is 627 g/mol. The smallest absolute Gasteiger partial charge is 0.313 e. The van der Waals surface area contributed by atoms with Crippen molar-refractivity contribution in [3.05, 3.63) is 0 Å². The zero-order valence-electron chi connectivity index (χ0n) is 20.3. The summed E-state index contributed by atoms with van der Waals surface area (Å²) in [6, 6.07) is 0. The van der Waals surface area contributed by atoms with Gasteiger partial charge in [-0.2, -0.15) is 0 Å². The fourth-order valence-electron chi connectivity index (χ4n) is 1.68. The molecule has 0 aliphatic rings. The molecule has 0 heterocycles. The first-order valence-corrected chi connectivity index (χ1v) is 24.0. The summed E-state index contributed by atoms with van der Waals surface area (Å²) in [5, 5.41) is 0.661. The lowest BCUT2D eigenvalue weighted by molar-refractivity contribution is 0.280. The Morgan fingerprint density at radius 1 is 0.562 bits per heavy atom. The van der Waals surface area contributed by atoms with E-state index < -0.39 is 17.2 Å². The monoisotopic (exact) mass is 626 g/mol. The second-order valence-corrected chi connectivity index (χ2v) is 26.1. The van der Waals surface area contributed by atoms with Crippen molar-refractivity contribution in [2.24, 2.45) is 0 Å². The number of hydrogen-bond donors (Lipinski definition) is 0. The van der Waals surface area contributed by atoms with Crippen LogP contribution in [0.5, 0.6) is 0 Å². The molecule has 0 aliphatic heterocycles. The fourth-order valence-corrected chi connectivity index (χ4v) is 21.5. The van der Waals surface area contributed by atoms with Crippen molar-refractivity contribution in [1.82, 2.24) is 0 Å². The van der Waals surface area contributed by atoms with Gasteiger partial charge in [0.1, 0.15) is 0 Å². The highest BCUT2D eigenvalue weighted by Gasteiger charge is 2.24. The standard InChI is InChI=1S/C9H22O4P2S4.C8H19O2PS2/c1-5-10-14(16,11-6-2)18-9-19-15(17,12-7-3)13-8-4;1-4-7-12-11(9,10-6-3)13-8-5-2/h5-9H2,1-4H3;4-8H2,1-3H3. The van der Waals surface area contributed by atoms with Gasteiger partial charge in [0.15, 0.2) is 0 Å². The molecule has 0 amide bonds. The minimum atomic E-state index is -2.42. The lowest BCUT2D eigenvalue weighted by Gasteiger charge is -2.23. The van der Waals surface area contributed by atoms with Gasteiger partial charge in [-0.15, -0.1) is 0 Å². The van der Waals surface area contributed by atoms with Crippen molar-refractivity contribution >= 4 is 86.3 Å². The third-order valence-corrected chi connectivity index (χ3v) is 22.7. The van der Waals surface area contributed by atoms with Crippen LogP contribution in [0.4, 0.5) is 0 Å². The minimum Gasteiger partial charge on any atom is -0.322 e. The van der Waals surface area contributed by atoms with E-state index in [4.69, 9.17) is 46.2 Å². The third kappa shape index (κ3) is 19.9. The van der Waals surface area contributed by atoms with Gasteiger partial charge in [0.25, 0.3) is 0 Å². The Bertz CT molecular complexity index is 525. The summed E-state index contributed by atoms with van der Waals surface area (Å²) in [4.78, 5) is 0. The lowest BCUT2D eigenvalue weighted by Crippen LogP contribution is -1.94. The van der Waals surface area contributed by atoms with Crippen LogP contribution in [0.3, 0.4) is 0 Å². The second-order valence-electron chi connectivity index (χ2n) is 5.47. The van der Waals surface area contributed by atoms with Crippen molar-refractivity contribution in [3.63, 3.8) is 0 Å². The topological polar surface area (TPSA) is 63.2 Å². The number of hydrogen-bond acceptors (Lipinski definition) is 12. The Labute approximate surface area is 223 Å². The van der Waals surface area contributed by atoms with Crippen molar-refractivity contribution in [2.45, 2.75) is 61.3 Å². The fraction of sp³-hybridized carbons (Fsp3) is 1.00. The molecule has 196 valence electrons. The van der Waals surface area contributed by atoms with Gasteiger partial charge in [-0.05, 0) is 71.1 Å². The third-order valence-electron chi connectivity index (χ3n) is 2.76. The average Bonchev–Trinajstić information content (AvgIpc) is 2.72. The van der Waals surface area contributed by atoms with Crippen LogP contribution in [-0.2, 0) is 50.8 Å². The van der Waals surface area contributed by atoms with Gasteiger partial charge in [-0.3, -0.25) is 4.57 Å². The Balaban J connectivity index is 0. The first-order chi connectivity index (χ1) is 15.1. The first-order valence-electron chi connectivity index (χ1n) is 10.7. The van der Waals surface area contributed by atoms with Gasteiger partial charge in [0.05, 0.1) is 38.1 Å². The molecule has 32 heavy (non-hydrogen) atoms. The van der Waals surface area contributed by atoms with E-state index in [1.54, 1.807) is 0 Å². The molecule has 6 nitrogen and oxygen atoms in total. The molecule has 0 aromatic carbocycles. The Morgan fingerprint density at radius 3 is 1.12 bits per heavy atom. The molecule has 0 rings (SSSR count). The predicted octanol–water partition coefficient (Wildman–Crippen LogP) is 9.42. The van der Waals surface area contributed by atoms with Crippen LogP contribution in [0.15, 0.2) is 0 Å². The highest BCUT2D eigenvalue weighted by molar-refractivity contribution is 8.89. The van der Waals surface area contributed by atoms with Crippen molar-refractivity contribution in [2.75, 3.05) is 49.6 Å². The van der Waals surface area contributed by atoms with E-state index in [1.165, 1.54) is 45.5 Å². The van der Waals surface area contributed by atoms with Crippen molar-refractivity contribution in [1.29, 1.82) is 0 Å². The van der Waals surface area contributed by atoms with Crippen molar-refractivity contribution < 1.29 is 27.2 Å². The molecule has 0 atom stereocenters. The summed E-state index contributed by atoms with van der Waals surface area (Å²) in [7, 11) is 0. The summed E-state index contributed by atoms with van der Waals surface area (Å²) >= 11 is 16.8. The van der Waals surface area contributed by atoms with E-state index in [1.807, 2.05) is 34.6 Å². The highest BCUT2D eigenvalue weighted by atomic mass is 33.1. The molecule has 0 aliphatic carbocycles. The molecule has 0 unspecified atom stereocenters. The highest BCUT2D eigenvalue weighted by Crippen LogP contribution is 2.70. The molecule has 0 bridgehead atoms. The van der Waals surface area contributed by atoms with Crippen LogP contribution >= 0.6 is 62.7 Å². The van der Waals surface area contributed by atoms with E-state index in [2.05, 4.69) is 13.8 Å². The largest absolute Gasteiger partial charge is 0.322 e. The van der Waals surface area contributed by atoms with Gasteiger partial charge in [-0.1, -0.05) is 59.4 Å². The van der Waals surface area contributed by atoms with E-state index in [-0.39, 0.29) is 0 Å². The predicted molar refractivity (Wildman–Crippen MR) is 160 cm³/mol. The Hall–Kier alpha value is 2.73. The van der Waals surface area contributed by atoms with E-state index >= 15 is 0 Å². The van der Waals surface area contributed by atoms with E-state index in [9.17, 15) is 4.57 Å². The molecule has 0 aromatic heterocycles. The molecule has 0 aromatic rings. The SMILES string of the molecule is CCCSP(=O)(OCC)SCCC.CCOP(=S)(OCC)SCSP(=S)(OCC)OCC. The Kier molecular flexibility index (Phi) is 26.4. The number of rotatable bonds is 20. The van der Waals surface area contributed by atoms with Gasteiger partial charge in [0, 0.05) is 11.5 Å². The molecule has 15 heteroatoms. The zero-order chi connectivity index (χ0) is 24.9. The summed E-state index contributed by atoms with van der Waals surface area (Å²) in [6.45, 7) is 16.5. The summed E-state index contributed by atoms with van der Waals surface area (Å²) in [6.07, 6.45) is 2.10. The van der Waals surface area contributed by atoms with Gasteiger partial charge in [0.2, 0.25) is 11.4 Å². The van der Waals surface area contributed by atoms with Crippen LogP contribution in [0.2, 0.25) is 0 Å². The summed E-state index contributed by atoms with van der Waals surface area (Å²) < 4.78 is 39.6. The maximum Gasteiger partial charge on any atom is 0.313 e. The van der Waals surface area contributed by atoms with Crippen LogP contribution in [-0.4, -0.2) is 49.6 Å². The molecule has 0 radical (unpaired) electrons. The minimum absolute atomic E-state index is 0.546. The van der Waals surface area contributed by atoms with E-state index in [0.717, 1.165) is 24.3 Å². The molecule has 0 N–H and O–H groups in total. The van der Waals surface area contributed by atoms with Crippen LogP contribution in [0, 0.1) is 0 Å². The molecule has 0 fully saturated rings. The maximum atomic E-state index is 12.0. The summed E-state index contributed by atoms with van der Waals surface area (Å²) in [5.74, 6) is -0.570. The first kappa shape index (κ1) is 36.9. The molecular weight excluding hydrogens is 586 g/mol. The quantitative estimate of drug-likeness (QED) is 0.0955. The lowest BCUT2D eigenvalue weighted by atomic mass is 10.6. The molecule has 0 saturated heterocycles. The van der Waals surface area contributed by atoms with Gasteiger partial charge < -0.3 is 22.6 Å². The summed E-state index contributed by atoms with van der Waals surface area (Å²) in [5.41, 5.74) is -4.51. The second kappa shape index (κ2) is 22.9. The van der Waals surface area contributed by atoms with E-state index in [0.29, 0.717) is 38.1 Å². The Morgan fingerprint density at radius 2 is 0.875 bits per heavy atom.